The highest BCUT2D eigenvalue weighted by atomic mass is 16.5. The second-order valence-electron chi connectivity index (χ2n) is 3.74. The molecule has 0 saturated carbocycles. The van der Waals surface area contributed by atoms with Crippen LogP contribution in [0.4, 0.5) is 5.88 Å². The Balaban J connectivity index is 2.06. The predicted molar refractivity (Wildman–Crippen MR) is 56.3 cm³/mol. The maximum absolute atomic E-state index is 10.5. The lowest BCUT2D eigenvalue weighted by atomic mass is 10.1. The van der Waals surface area contributed by atoms with E-state index >= 15 is 0 Å². The number of ether oxygens (including phenoxy) is 1. The van der Waals surface area contributed by atoms with Crippen molar-refractivity contribution in [3.8, 4) is 0 Å². The van der Waals surface area contributed by atoms with Crippen molar-refractivity contribution in [2.24, 2.45) is 0 Å². The number of hydrogen-bond acceptors (Lipinski definition) is 4. The fourth-order valence-corrected chi connectivity index (χ4v) is 1.91. The summed E-state index contributed by atoms with van der Waals surface area (Å²) in [5, 5.41) is 0. The third-order valence-corrected chi connectivity index (χ3v) is 2.75. The van der Waals surface area contributed by atoms with Crippen LogP contribution in [0.2, 0.25) is 0 Å². The Kier molecular flexibility index (Phi) is 3.06. The van der Waals surface area contributed by atoms with Gasteiger partial charge >= 0.3 is 0 Å². The number of nitrogens with zero attached hydrogens (tertiary/aromatic N) is 1. The minimum atomic E-state index is 0.267. The molecule has 4 heteroatoms. The average molecular weight is 209 g/mol. The second kappa shape index (κ2) is 4.49. The molecule has 0 amide bonds. The van der Waals surface area contributed by atoms with Crippen molar-refractivity contribution >= 4 is 12.2 Å². The van der Waals surface area contributed by atoms with Crippen molar-refractivity contribution in [3.05, 3.63) is 17.9 Å². The van der Waals surface area contributed by atoms with E-state index in [1.807, 2.05) is 6.07 Å². The van der Waals surface area contributed by atoms with E-state index in [1.54, 1.807) is 13.2 Å². The summed E-state index contributed by atoms with van der Waals surface area (Å²) in [6.07, 6.45) is 3.18. The number of piperidine rings is 1. The summed E-state index contributed by atoms with van der Waals surface area (Å²) in [5.74, 6) is 1.14. The molecular formula is C11H15NO3. The van der Waals surface area contributed by atoms with Crippen LogP contribution in [0.15, 0.2) is 16.5 Å². The lowest BCUT2D eigenvalue weighted by Crippen LogP contribution is -2.39. The molecule has 1 aromatic rings. The van der Waals surface area contributed by atoms with Crippen molar-refractivity contribution in [3.63, 3.8) is 0 Å². The van der Waals surface area contributed by atoms with Gasteiger partial charge in [0.2, 0.25) is 0 Å². The van der Waals surface area contributed by atoms with E-state index in [2.05, 4.69) is 4.90 Å². The number of aldehydes is 1. The molecule has 2 rings (SSSR count). The Morgan fingerprint density at radius 3 is 3.13 bits per heavy atom. The molecule has 1 aromatic heterocycles. The molecule has 1 aliphatic rings. The highest BCUT2D eigenvalue weighted by molar-refractivity contribution is 5.71. The van der Waals surface area contributed by atoms with Crippen LogP contribution in [-0.4, -0.2) is 32.6 Å². The molecule has 2 heterocycles. The predicted octanol–water partition coefficient (Wildman–Crippen LogP) is 1.71. The summed E-state index contributed by atoms with van der Waals surface area (Å²) in [5.41, 5.74) is 0. The monoisotopic (exact) mass is 209 g/mol. The Morgan fingerprint density at radius 1 is 1.60 bits per heavy atom. The first-order valence-corrected chi connectivity index (χ1v) is 5.16. The zero-order chi connectivity index (χ0) is 10.7. The third kappa shape index (κ3) is 2.21. The zero-order valence-corrected chi connectivity index (χ0v) is 8.81. The number of furan rings is 1. The molecular weight excluding hydrogens is 194 g/mol. The van der Waals surface area contributed by atoms with Gasteiger partial charge in [-0.3, -0.25) is 4.79 Å². The molecule has 0 spiro atoms. The number of carbonyl (C=O) groups excluding carboxylic acids is 1. The van der Waals surface area contributed by atoms with Gasteiger partial charge in [0.05, 0.1) is 6.10 Å². The van der Waals surface area contributed by atoms with Crippen LogP contribution < -0.4 is 4.90 Å². The molecule has 1 atom stereocenters. The van der Waals surface area contributed by atoms with Crippen LogP contribution in [0, 0.1) is 0 Å². The van der Waals surface area contributed by atoms with Crippen LogP contribution in [0.1, 0.15) is 23.4 Å². The Hall–Kier alpha value is -1.29. The van der Waals surface area contributed by atoms with Gasteiger partial charge in [-0.15, -0.1) is 0 Å². The molecule has 1 aliphatic heterocycles. The summed E-state index contributed by atoms with van der Waals surface area (Å²) in [4.78, 5) is 12.6. The summed E-state index contributed by atoms with van der Waals surface area (Å²) in [7, 11) is 1.73. The fourth-order valence-electron chi connectivity index (χ4n) is 1.91. The average Bonchev–Trinajstić information content (AvgIpc) is 2.78. The minimum Gasteiger partial charge on any atom is -0.438 e. The van der Waals surface area contributed by atoms with Crippen molar-refractivity contribution < 1.29 is 13.9 Å². The van der Waals surface area contributed by atoms with Gasteiger partial charge in [-0.05, 0) is 18.9 Å². The highest BCUT2D eigenvalue weighted by Crippen LogP contribution is 2.22. The summed E-state index contributed by atoms with van der Waals surface area (Å²) < 4.78 is 10.7. The minimum absolute atomic E-state index is 0.267. The topological polar surface area (TPSA) is 42.7 Å². The Labute approximate surface area is 88.8 Å². The lowest BCUT2D eigenvalue weighted by Gasteiger charge is -2.31. The first-order chi connectivity index (χ1) is 7.33. The van der Waals surface area contributed by atoms with Crippen molar-refractivity contribution in [1.29, 1.82) is 0 Å². The van der Waals surface area contributed by atoms with E-state index in [4.69, 9.17) is 9.15 Å². The Morgan fingerprint density at radius 2 is 2.47 bits per heavy atom. The van der Waals surface area contributed by atoms with Crippen molar-refractivity contribution in [2.45, 2.75) is 18.9 Å². The lowest BCUT2D eigenvalue weighted by molar-refractivity contribution is 0.0881. The largest absolute Gasteiger partial charge is 0.438 e. The van der Waals surface area contributed by atoms with E-state index in [0.29, 0.717) is 5.76 Å². The van der Waals surface area contributed by atoms with Crippen LogP contribution in [-0.2, 0) is 4.74 Å². The van der Waals surface area contributed by atoms with E-state index < -0.39 is 0 Å². The van der Waals surface area contributed by atoms with Gasteiger partial charge in [-0.2, -0.15) is 0 Å². The van der Waals surface area contributed by atoms with E-state index in [9.17, 15) is 4.79 Å². The number of rotatable bonds is 3. The van der Waals surface area contributed by atoms with Crippen LogP contribution in [0.3, 0.4) is 0 Å². The molecule has 1 unspecified atom stereocenters. The van der Waals surface area contributed by atoms with Gasteiger partial charge in [0, 0.05) is 26.3 Å². The van der Waals surface area contributed by atoms with E-state index in [1.165, 1.54) is 0 Å². The van der Waals surface area contributed by atoms with Gasteiger partial charge < -0.3 is 14.1 Å². The fraction of sp³-hybridized carbons (Fsp3) is 0.545. The van der Waals surface area contributed by atoms with Gasteiger partial charge in [-0.25, -0.2) is 0 Å². The molecule has 0 bridgehead atoms. The third-order valence-electron chi connectivity index (χ3n) is 2.75. The highest BCUT2D eigenvalue weighted by Gasteiger charge is 2.21. The van der Waals surface area contributed by atoms with Crippen LogP contribution in [0.5, 0.6) is 0 Å². The van der Waals surface area contributed by atoms with Gasteiger partial charge in [0.25, 0.3) is 0 Å². The number of methoxy groups -OCH3 is 1. The molecule has 4 nitrogen and oxygen atoms in total. The molecule has 0 aromatic carbocycles. The summed E-state index contributed by atoms with van der Waals surface area (Å²) in [6.45, 7) is 1.80. The quantitative estimate of drug-likeness (QED) is 0.711. The van der Waals surface area contributed by atoms with Crippen molar-refractivity contribution in [1.82, 2.24) is 0 Å². The van der Waals surface area contributed by atoms with Gasteiger partial charge in [0.15, 0.2) is 17.9 Å². The second-order valence-corrected chi connectivity index (χ2v) is 3.74. The SMILES string of the molecule is COC1CCCN(c2ccc(C=O)o2)C1. The molecule has 0 aliphatic carbocycles. The van der Waals surface area contributed by atoms with Gasteiger partial charge in [-0.1, -0.05) is 0 Å². The van der Waals surface area contributed by atoms with Crippen molar-refractivity contribution in [2.75, 3.05) is 25.1 Å². The number of hydrogen-bond donors (Lipinski definition) is 0. The first kappa shape index (κ1) is 10.2. The Bertz CT molecular complexity index is 334. The molecule has 15 heavy (non-hydrogen) atoms. The molecule has 1 fully saturated rings. The number of carbonyl (C=O) groups is 1. The van der Waals surface area contributed by atoms with Crippen LogP contribution in [0.25, 0.3) is 0 Å². The summed E-state index contributed by atoms with van der Waals surface area (Å²) in [6, 6.07) is 3.53. The number of anilines is 1. The smallest absolute Gasteiger partial charge is 0.196 e. The molecule has 1 saturated heterocycles. The normalized spacial score (nSPS) is 21.7. The maximum Gasteiger partial charge on any atom is 0.196 e. The summed E-state index contributed by atoms with van der Waals surface area (Å²) >= 11 is 0. The van der Waals surface area contributed by atoms with E-state index in [-0.39, 0.29) is 6.10 Å². The molecule has 82 valence electrons. The van der Waals surface area contributed by atoms with Crippen LogP contribution >= 0.6 is 0 Å². The first-order valence-electron chi connectivity index (χ1n) is 5.16. The molecule has 0 N–H and O–H groups in total. The standard InChI is InChI=1S/C11H15NO3/c1-14-9-3-2-6-12(7-9)11-5-4-10(8-13)15-11/h4-5,8-9H,2-3,6-7H2,1H3. The maximum atomic E-state index is 10.5. The zero-order valence-electron chi connectivity index (χ0n) is 8.81. The molecule has 0 radical (unpaired) electrons. The van der Waals surface area contributed by atoms with Gasteiger partial charge in [0.1, 0.15) is 0 Å². The van der Waals surface area contributed by atoms with E-state index in [0.717, 1.165) is 38.1 Å².